The van der Waals surface area contributed by atoms with Crippen LogP contribution >= 0.6 is 0 Å². The summed E-state index contributed by atoms with van der Waals surface area (Å²) in [5.41, 5.74) is 10.3. The molecule has 2 rings (SSSR count). The van der Waals surface area contributed by atoms with E-state index in [0.29, 0.717) is 18.2 Å². The van der Waals surface area contributed by atoms with E-state index in [1.54, 1.807) is 0 Å². The second-order valence-electron chi connectivity index (χ2n) is 5.68. The molecule has 112 valence electrons. The highest BCUT2D eigenvalue weighted by Crippen LogP contribution is 2.20. The maximum absolute atomic E-state index is 12.5. The Morgan fingerprint density at radius 3 is 2.29 bits per heavy atom. The molecule has 0 radical (unpaired) electrons. The molecule has 2 N–H and O–H groups in total. The van der Waals surface area contributed by atoms with Crippen molar-refractivity contribution in [3.05, 3.63) is 64.7 Å². The number of rotatable bonds is 5. The molecule has 0 fully saturated rings. The molecule has 0 aliphatic rings. The van der Waals surface area contributed by atoms with Gasteiger partial charge in [0.15, 0.2) is 0 Å². The molecule has 0 aliphatic carbocycles. The molecule has 2 aromatic rings. The highest BCUT2D eigenvalue weighted by molar-refractivity contribution is 7.84. The molecule has 3 heteroatoms. The monoisotopic (exact) mass is 301 g/mol. The van der Waals surface area contributed by atoms with Gasteiger partial charge in [0.1, 0.15) is 0 Å². The van der Waals surface area contributed by atoms with Crippen molar-refractivity contribution < 1.29 is 4.21 Å². The smallest absolute Gasteiger partial charge is 0.0574 e. The van der Waals surface area contributed by atoms with Gasteiger partial charge in [-0.05, 0) is 47.2 Å². The Labute approximate surface area is 129 Å². The molecule has 1 atom stereocenters. The lowest BCUT2D eigenvalue weighted by Crippen LogP contribution is -2.02. The number of benzene rings is 2. The van der Waals surface area contributed by atoms with Gasteiger partial charge in [-0.2, -0.15) is 0 Å². The van der Waals surface area contributed by atoms with E-state index in [9.17, 15) is 4.21 Å². The zero-order valence-corrected chi connectivity index (χ0v) is 13.7. The van der Waals surface area contributed by atoms with Crippen molar-refractivity contribution in [3.8, 4) is 0 Å². The van der Waals surface area contributed by atoms with E-state index in [0.717, 1.165) is 21.6 Å². The molecule has 2 aromatic carbocycles. The van der Waals surface area contributed by atoms with Gasteiger partial charge in [0.05, 0.1) is 16.6 Å². The molecule has 0 bridgehead atoms. The molecule has 2 nitrogen and oxygen atoms in total. The summed E-state index contributed by atoms with van der Waals surface area (Å²) in [6.07, 6.45) is 0. The van der Waals surface area contributed by atoms with Gasteiger partial charge in [-0.3, -0.25) is 4.21 Å². The SMILES string of the molecule is Cc1cc(CN)ccc1CS(=O)c1ccc(C(C)C)cc1. The van der Waals surface area contributed by atoms with Gasteiger partial charge < -0.3 is 5.73 Å². The standard InChI is InChI=1S/C18H23NOS/c1-13(2)16-6-8-18(9-7-16)21(20)12-17-5-4-15(11-19)10-14(17)3/h4-10,13H,11-12,19H2,1-3H3. The quantitative estimate of drug-likeness (QED) is 0.910. The van der Waals surface area contributed by atoms with Crippen LogP contribution in [0, 0.1) is 6.92 Å². The maximum atomic E-state index is 12.5. The van der Waals surface area contributed by atoms with Crippen molar-refractivity contribution in [1.29, 1.82) is 0 Å². The maximum Gasteiger partial charge on any atom is 0.0574 e. The van der Waals surface area contributed by atoms with Crippen LogP contribution in [0.25, 0.3) is 0 Å². The zero-order valence-electron chi connectivity index (χ0n) is 12.9. The van der Waals surface area contributed by atoms with Crippen LogP contribution in [0.15, 0.2) is 47.4 Å². The Morgan fingerprint density at radius 2 is 1.76 bits per heavy atom. The fourth-order valence-corrected chi connectivity index (χ4v) is 3.49. The van der Waals surface area contributed by atoms with E-state index < -0.39 is 10.8 Å². The molecule has 0 saturated heterocycles. The number of nitrogens with two attached hydrogens (primary N) is 1. The summed E-state index contributed by atoms with van der Waals surface area (Å²) >= 11 is 0. The first-order valence-corrected chi connectivity index (χ1v) is 8.60. The summed E-state index contributed by atoms with van der Waals surface area (Å²) in [7, 11) is -1.01. The largest absolute Gasteiger partial charge is 0.326 e. The molecule has 0 spiro atoms. The van der Waals surface area contributed by atoms with Crippen LogP contribution < -0.4 is 5.73 Å². The summed E-state index contributed by atoms with van der Waals surface area (Å²) in [6.45, 7) is 6.91. The minimum Gasteiger partial charge on any atom is -0.326 e. The van der Waals surface area contributed by atoms with E-state index in [1.165, 1.54) is 5.56 Å². The Balaban J connectivity index is 2.14. The summed E-state index contributed by atoms with van der Waals surface area (Å²) < 4.78 is 12.5. The van der Waals surface area contributed by atoms with Crippen molar-refractivity contribution in [1.82, 2.24) is 0 Å². The van der Waals surface area contributed by atoms with Crippen LogP contribution in [0.4, 0.5) is 0 Å². The van der Waals surface area contributed by atoms with Crippen molar-refractivity contribution in [2.24, 2.45) is 5.73 Å². The van der Waals surface area contributed by atoms with Gasteiger partial charge >= 0.3 is 0 Å². The van der Waals surface area contributed by atoms with Crippen molar-refractivity contribution in [2.75, 3.05) is 0 Å². The summed E-state index contributed by atoms with van der Waals surface area (Å²) in [4.78, 5) is 0.890. The predicted molar refractivity (Wildman–Crippen MR) is 89.7 cm³/mol. The molecule has 21 heavy (non-hydrogen) atoms. The molecule has 0 saturated carbocycles. The van der Waals surface area contributed by atoms with Crippen LogP contribution in [-0.2, 0) is 23.1 Å². The topological polar surface area (TPSA) is 43.1 Å². The second-order valence-corrected chi connectivity index (χ2v) is 7.13. The molecule has 0 amide bonds. The molecule has 0 aromatic heterocycles. The minimum atomic E-state index is -1.01. The third-order valence-corrected chi connectivity index (χ3v) is 5.11. The average molecular weight is 301 g/mol. The van der Waals surface area contributed by atoms with Gasteiger partial charge in [0, 0.05) is 11.4 Å². The van der Waals surface area contributed by atoms with Crippen molar-refractivity contribution in [3.63, 3.8) is 0 Å². The lowest BCUT2D eigenvalue weighted by Gasteiger charge is -2.09. The van der Waals surface area contributed by atoms with Crippen LogP contribution in [0.3, 0.4) is 0 Å². The third-order valence-electron chi connectivity index (χ3n) is 3.74. The Bertz CT molecular complexity index is 632. The normalized spacial score (nSPS) is 12.6. The molecular weight excluding hydrogens is 278 g/mol. The van der Waals surface area contributed by atoms with Gasteiger partial charge in [-0.25, -0.2) is 0 Å². The van der Waals surface area contributed by atoms with Gasteiger partial charge in [0.2, 0.25) is 0 Å². The van der Waals surface area contributed by atoms with Crippen LogP contribution in [0.1, 0.15) is 42.0 Å². The highest BCUT2D eigenvalue weighted by Gasteiger charge is 2.08. The van der Waals surface area contributed by atoms with Crippen LogP contribution in [0.5, 0.6) is 0 Å². The highest BCUT2D eigenvalue weighted by atomic mass is 32.2. The molecular formula is C18H23NOS. The first-order chi connectivity index (χ1) is 10.0. The van der Waals surface area contributed by atoms with E-state index in [-0.39, 0.29) is 0 Å². The lowest BCUT2D eigenvalue weighted by atomic mass is 10.0. The van der Waals surface area contributed by atoms with E-state index >= 15 is 0 Å². The summed E-state index contributed by atoms with van der Waals surface area (Å²) in [5, 5.41) is 0. The average Bonchev–Trinajstić information content (AvgIpc) is 2.49. The third kappa shape index (κ3) is 4.02. The molecule has 1 unspecified atom stereocenters. The number of hydrogen-bond donors (Lipinski definition) is 1. The Hall–Kier alpha value is -1.45. The van der Waals surface area contributed by atoms with Crippen molar-refractivity contribution in [2.45, 2.75) is 43.9 Å². The fourth-order valence-electron chi connectivity index (χ4n) is 2.28. The second kappa shape index (κ2) is 7.01. The summed E-state index contributed by atoms with van der Waals surface area (Å²) in [5.74, 6) is 1.05. The molecule has 0 aliphatic heterocycles. The van der Waals surface area contributed by atoms with Gasteiger partial charge in [0.25, 0.3) is 0 Å². The zero-order chi connectivity index (χ0) is 15.4. The summed E-state index contributed by atoms with van der Waals surface area (Å²) in [6, 6.07) is 14.2. The van der Waals surface area contributed by atoms with E-state index in [1.807, 2.05) is 31.2 Å². The van der Waals surface area contributed by atoms with Crippen LogP contribution in [-0.4, -0.2) is 4.21 Å². The fraction of sp³-hybridized carbons (Fsp3) is 0.333. The Kier molecular flexibility index (Phi) is 5.32. The van der Waals surface area contributed by atoms with Crippen molar-refractivity contribution >= 4 is 10.8 Å². The lowest BCUT2D eigenvalue weighted by molar-refractivity contribution is 0.682. The van der Waals surface area contributed by atoms with Gasteiger partial charge in [-0.15, -0.1) is 0 Å². The number of aryl methyl sites for hydroxylation is 1. The minimum absolute atomic E-state index is 0.499. The predicted octanol–water partition coefficient (Wildman–Crippen LogP) is 3.88. The molecule has 0 heterocycles. The number of hydrogen-bond acceptors (Lipinski definition) is 2. The van der Waals surface area contributed by atoms with Gasteiger partial charge in [-0.1, -0.05) is 44.2 Å². The van der Waals surface area contributed by atoms with Crippen LogP contribution in [0.2, 0.25) is 0 Å². The first-order valence-electron chi connectivity index (χ1n) is 7.28. The van der Waals surface area contributed by atoms with E-state index in [4.69, 9.17) is 5.73 Å². The Morgan fingerprint density at radius 1 is 1.10 bits per heavy atom. The first kappa shape index (κ1) is 15.9. The van der Waals surface area contributed by atoms with E-state index in [2.05, 4.69) is 32.0 Å².